The van der Waals surface area contributed by atoms with Gasteiger partial charge in [0.05, 0.1) is 5.71 Å². The van der Waals surface area contributed by atoms with Crippen LogP contribution in [0.1, 0.15) is 12.5 Å². The zero-order valence-corrected chi connectivity index (χ0v) is 13.3. The summed E-state index contributed by atoms with van der Waals surface area (Å²) in [5, 5.41) is 4.26. The summed E-state index contributed by atoms with van der Waals surface area (Å²) in [4.78, 5) is 0. The zero-order chi connectivity index (χ0) is 14.5. The third kappa shape index (κ3) is 3.88. The molecular formula is C15H14BrN3S. The van der Waals surface area contributed by atoms with Gasteiger partial charge in [-0.25, -0.2) is 0 Å². The molecule has 2 aromatic rings. The number of nitrogens with one attached hydrogen (secondary N) is 1. The van der Waals surface area contributed by atoms with E-state index in [0.717, 1.165) is 21.3 Å². The first-order chi connectivity index (χ1) is 9.56. The lowest BCUT2D eigenvalue weighted by molar-refractivity contribution is 1.03. The van der Waals surface area contributed by atoms with Crippen molar-refractivity contribution in [3.8, 4) is 11.1 Å². The lowest BCUT2D eigenvalue weighted by atomic mass is 10.0. The molecule has 0 aromatic heterocycles. The van der Waals surface area contributed by atoms with Crippen molar-refractivity contribution in [1.29, 1.82) is 0 Å². The third-order valence-electron chi connectivity index (χ3n) is 2.81. The Hall–Kier alpha value is -1.72. The Morgan fingerprint density at radius 3 is 2.05 bits per heavy atom. The van der Waals surface area contributed by atoms with Gasteiger partial charge >= 0.3 is 0 Å². The lowest BCUT2D eigenvalue weighted by Gasteiger charge is -2.05. The summed E-state index contributed by atoms with van der Waals surface area (Å²) in [5.74, 6) is 0. The molecule has 20 heavy (non-hydrogen) atoms. The average molecular weight is 348 g/mol. The topological polar surface area (TPSA) is 50.4 Å². The van der Waals surface area contributed by atoms with E-state index in [9.17, 15) is 0 Å². The maximum Gasteiger partial charge on any atom is 0.184 e. The van der Waals surface area contributed by atoms with Gasteiger partial charge in [-0.3, -0.25) is 5.43 Å². The van der Waals surface area contributed by atoms with Gasteiger partial charge in [-0.15, -0.1) is 0 Å². The standard InChI is InChI=1S/C15H14BrN3S/c1-10(18-19-15(17)20)11-2-4-12(5-3-11)13-6-8-14(16)9-7-13/h2-9H,1H3,(H3,17,19,20). The minimum atomic E-state index is 0.163. The summed E-state index contributed by atoms with van der Waals surface area (Å²) < 4.78 is 1.07. The minimum absolute atomic E-state index is 0.163. The number of thiocarbonyl (C=S) groups is 1. The fourth-order valence-electron chi connectivity index (χ4n) is 1.75. The van der Waals surface area contributed by atoms with Crippen LogP contribution in [-0.2, 0) is 0 Å². The molecule has 0 bridgehead atoms. The number of benzene rings is 2. The first-order valence-corrected chi connectivity index (χ1v) is 7.22. The van der Waals surface area contributed by atoms with Crippen LogP contribution in [0.3, 0.4) is 0 Å². The number of nitrogens with zero attached hydrogens (tertiary/aromatic N) is 1. The smallest absolute Gasteiger partial charge is 0.184 e. The number of hydrogen-bond donors (Lipinski definition) is 2. The largest absolute Gasteiger partial charge is 0.375 e. The number of halogens is 1. The molecule has 0 aliphatic carbocycles. The Kier molecular flexibility index (Phi) is 4.87. The molecule has 3 N–H and O–H groups in total. The van der Waals surface area contributed by atoms with Gasteiger partial charge in [0.2, 0.25) is 0 Å². The summed E-state index contributed by atoms with van der Waals surface area (Å²) >= 11 is 8.15. The number of hydrogen-bond acceptors (Lipinski definition) is 2. The molecule has 0 atom stereocenters. The summed E-state index contributed by atoms with van der Waals surface area (Å²) in [6, 6.07) is 16.4. The van der Waals surface area contributed by atoms with Gasteiger partial charge in [-0.1, -0.05) is 52.3 Å². The van der Waals surface area contributed by atoms with Crippen LogP contribution in [0.25, 0.3) is 11.1 Å². The first kappa shape index (κ1) is 14.7. The van der Waals surface area contributed by atoms with E-state index in [-0.39, 0.29) is 5.11 Å². The molecule has 0 spiro atoms. The van der Waals surface area contributed by atoms with Gasteiger partial charge in [0, 0.05) is 4.47 Å². The lowest BCUT2D eigenvalue weighted by Crippen LogP contribution is -2.25. The van der Waals surface area contributed by atoms with Crippen LogP contribution in [0.4, 0.5) is 0 Å². The normalized spacial score (nSPS) is 11.2. The van der Waals surface area contributed by atoms with Gasteiger partial charge in [0.25, 0.3) is 0 Å². The van der Waals surface area contributed by atoms with Crippen molar-refractivity contribution in [2.75, 3.05) is 0 Å². The van der Waals surface area contributed by atoms with Crippen molar-refractivity contribution in [1.82, 2.24) is 5.43 Å². The Morgan fingerprint density at radius 1 is 1.05 bits per heavy atom. The zero-order valence-electron chi connectivity index (χ0n) is 10.9. The number of rotatable bonds is 3. The van der Waals surface area contributed by atoms with E-state index in [0.29, 0.717) is 0 Å². The maximum absolute atomic E-state index is 5.34. The molecule has 0 fully saturated rings. The van der Waals surface area contributed by atoms with Crippen LogP contribution in [0, 0.1) is 0 Å². The molecule has 3 nitrogen and oxygen atoms in total. The van der Waals surface area contributed by atoms with E-state index < -0.39 is 0 Å². The minimum Gasteiger partial charge on any atom is -0.375 e. The molecule has 5 heteroatoms. The molecular weight excluding hydrogens is 334 g/mol. The molecule has 0 aliphatic heterocycles. The monoisotopic (exact) mass is 347 g/mol. The van der Waals surface area contributed by atoms with Crippen LogP contribution < -0.4 is 11.2 Å². The molecule has 2 aromatic carbocycles. The second-order valence-corrected chi connectivity index (χ2v) is 5.61. The van der Waals surface area contributed by atoms with Crippen molar-refractivity contribution < 1.29 is 0 Å². The molecule has 0 saturated heterocycles. The predicted molar refractivity (Wildman–Crippen MR) is 91.7 cm³/mol. The summed E-state index contributed by atoms with van der Waals surface area (Å²) in [5.41, 5.74) is 12.1. The number of nitrogens with two attached hydrogens (primary N) is 1. The molecule has 102 valence electrons. The molecule has 0 radical (unpaired) electrons. The van der Waals surface area contributed by atoms with Gasteiger partial charge in [-0.05, 0) is 48.0 Å². The van der Waals surface area contributed by atoms with Crippen molar-refractivity contribution in [3.63, 3.8) is 0 Å². The van der Waals surface area contributed by atoms with Crippen LogP contribution in [-0.4, -0.2) is 10.8 Å². The third-order valence-corrected chi connectivity index (χ3v) is 3.43. The van der Waals surface area contributed by atoms with E-state index in [4.69, 9.17) is 18.0 Å². The molecule has 0 amide bonds. The molecule has 0 heterocycles. The van der Waals surface area contributed by atoms with E-state index in [2.05, 4.69) is 50.7 Å². The van der Waals surface area contributed by atoms with Crippen molar-refractivity contribution in [3.05, 3.63) is 58.6 Å². The molecule has 0 aliphatic rings. The van der Waals surface area contributed by atoms with E-state index in [1.807, 2.05) is 31.2 Å². The van der Waals surface area contributed by atoms with Crippen molar-refractivity contribution in [2.45, 2.75) is 6.92 Å². The van der Waals surface area contributed by atoms with Crippen LogP contribution >= 0.6 is 28.1 Å². The predicted octanol–water partition coefficient (Wildman–Crippen LogP) is 3.67. The highest BCUT2D eigenvalue weighted by Gasteiger charge is 2.00. The Balaban J connectivity index is 2.19. The fourth-order valence-corrected chi connectivity index (χ4v) is 2.06. The molecule has 0 saturated carbocycles. The molecule has 0 unspecified atom stereocenters. The van der Waals surface area contributed by atoms with E-state index >= 15 is 0 Å². The van der Waals surface area contributed by atoms with Gasteiger partial charge < -0.3 is 5.73 Å². The van der Waals surface area contributed by atoms with Gasteiger partial charge in [0.1, 0.15) is 0 Å². The van der Waals surface area contributed by atoms with Crippen LogP contribution in [0.5, 0.6) is 0 Å². The summed E-state index contributed by atoms with van der Waals surface area (Å²) in [7, 11) is 0. The fraction of sp³-hybridized carbons (Fsp3) is 0.0667. The number of hydrazone groups is 1. The second kappa shape index (κ2) is 6.63. The summed E-state index contributed by atoms with van der Waals surface area (Å²) in [6.45, 7) is 1.90. The maximum atomic E-state index is 5.34. The highest BCUT2D eigenvalue weighted by Crippen LogP contribution is 2.22. The van der Waals surface area contributed by atoms with Crippen LogP contribution in [0.2, 0.25) is 0 Å². The quantitative estimate of drug-likeness (QED) is 0.506. The SMILES string of the molecule is CC(=NNC(N)=S)c1ccc(-c2ccc(Br)cc2)cc1. The highest BCUT2D eigenvalue weighted by atomic mass is 79.9. The Bertz CT molecular complexity index is 633. The van der Waals surface area contributed by atoms with Crippen molar-refractivity contribution in [2.24, 2.45) is 10.8 Å². The van der Waals surface area contributed by atoms with E-state index in [1.165, 1.54) is 5.56 Å². The average Bonchev–Trinajstić information content (AvgIpc) is 2.46. The second-order valence-electron chi connectivity index (χ2n) is 4.26. The van der Waals surface area contributed by atoms with Crippen molar-refractivity contribution >= 4 is 39.0 Å². The Labute approximate surface area is 132 Å². The molecule has 2 rings (SSSR count). The Morgan fingerprint density at radius 2 is 1.55 bits per heavy atom. The van der Waals surface area contributed by atoms with Gasteiger partial charge in [0.15, 0.2) is 5.11 Å². The van der Waals surface area contributed by atoms with Crippen LogP contribution in [0.15, 0.2) is 58.1 Å². The highest BCUT2D eigenvalue weighted by molar-refractivity contribution is 9.10. The van der Waals surface area contributed by atoms with E-state index in [1.54, 1.807) is 0 Å². The summed E-state index contributed by atoms with van der Waals surface area (Å²) in [6.07, 6.45) is 0. The van der Waals surface area contributed by atoms with Gasteiger partial charge in [-0.2, -0.15) is 5.10 Å². The first-order valence-electron chi connectivity index (χ1n) is 6.02.